The number of nitrogens with one attached hydrogen (secondary N) is 1. The van der Waals surface area contributed by atoms with Crippen molar-refractivity contribution < 1.29 is 99.8 Å². The van der Waals surface area contributed by atoms with E-state index in [9.17, 15) is 28.8 Å². The van der Waals surface area contributed by atoms with Crippen LogP contribution in [0.4, 0.5) is 0 Å². The zero-order valence-corrected chi connectivity index (χ0v) is 44.4. The van der Waals surface area contributed by atoms with Crippen LogP contribution in [0.15, 0.2) is 67.3 Å². The lowest BCUT2D eigenvalue weighted by Gasteiger charge is -2.52. The highest BCUT2D eigenvalue weighted by Gasteiger charge is 2.60. The highest BCUT2D eigenvalue weighted by molar-refractivity contribution is 5.89. The van der Waals surface area contributed by atoms with Crippen LogP contribution in [0.5, 0.6) is 5.75 Å². The molecule has 4 fully saturated rings. The lowest BCUT2D eigenvalue weighted by molar-refractivity contribution is -0.403. The summed E-state index contributed by atoms with van der Waals surface area (Å²) in [6, 6.07) is 13.7. The summed E-state index contributed by atoms with van der Waals surface area (Å²) in [4.78, 5) is 80.2. The fourth-order valence-electron chi connectivity index (χ4n) is 8.66. The number of rotatable bonds is 18. The van der Waals surface area contributed by atoms with Gasteiger partial charge in [0, 0.05) is 33.4 Å². The Balaban J connectivity index is 1.54. The summed E-state index contributed by atoms with van der Waals surface area (Å²) in [6.45, 7) is 18.0. The average molecular weight is 1060 g/mol. The maximum Gasteiger partial charge on any atom is 0.338 e. The van der Waals surface area contributed by atoms with Crippen molar-refractivity contribution in [3.05, 3.63) is 78.4 Å². The molecule has 4 aliphatic heterocycles. The van der Waals surface area contributed by atoms with Crippen LogP contribution in [0.2, 0.25) is 0 Å². The molecule has 22 nitrogen and oxygen atoms in total. The van der Waals surface area contributed by atoms with Crippen molar-refractivity contribution in [2.75, 3.05) is 34.0 Å². The smallest absolute Gasteiger partial charge is 0.338 e. The zero-order valence-electron chi connectivity index (χ0n) is 44.4. The largest absolute Gasteiger partial charge is 0.497 e. The molecule has 0 radical (unpaired) electrons. The molecule has 4 aliphatic rings. The minimum absolute atomic E-state index is 0.112. The Morgan fingerprint density at radius 3 is 1.89 bits per heavy atom. The van der Waals surface area contributed by atoms with E-state index in [1.165, 1.54) is 41.1 Å². The molecule has 2 aromatic carbocycles. The van der Waals surface area contributed by atoms with Crippen molar-refractivity contribution >= 4 is 35.8 Å². The van der Waals surface area contributed by atoms with Gasteiger partial charge in [-0.3, -0.25) is 24.0 Å². The zero-order chi connectivity index (χ0) is 54.9. The number of hydrogen-bond donors (Lipinski definition) is 1. The Morgan fingerprint density at radius 2 is 1.31 bits per heavy atom. The quantitative estimate of drug-likeness (QED) is 0.123. The summed E-state index contributed by atoms with van der Waals surface area (Å²) in [7, 11) is 2.82. The maximum atomic E-state index is 14.5. The van der Waals surface area contributed by atoms with Crippen molar-refractivity contribution in [1.29, 1.82) is 0 Å². The van der Waals surface area contributed by atoms with Crippen molar-refractivity contribution in [3.8, 4) is 5.75 Å². The fraction of sp³-hybridized carbons (Fsp3) is 0.623. The molecular weight excluding hydrogens is 987 g/mol. The molecule has 0 aliphatic carbocycles. The van der Waals surface area contributed by atoms with Gasteiger partial charge in [0.2, 0.25) is 5.91 Å². The van der Waals surface area contributed by atoms with Crippen LogP contribution in [-0.2, 0) is 90.3 Å². The van der Waals surface area contributed by atoms with Gasteiger partial charge in [-0.15, -0.1) is 6.58 Å². The standard InChI is InChI=1S/C53H71NO21/c1-14-24-63-47-36(54-28(3)55)40(38(75-51(60)53(9,10)11)35(69-47)26-65-50(59)52(6,7)8)73-49-44(74-48-43(62-13)41(68-30(5)57)37(27(2)66-48)67-29(4)56)42(71-45(58)31-18-16-15-17-19-31)39-34(70-49)25-64-46(72-39)32-20-22-33(61-12)23-21-32/h14-23,27,34-44,46-49H,1,24-26H2,2-13H3,(H,54,55)/t27-,34+,35+,36+,37+,38-,39-,40+,41+,42-,43-,44+,46?,47-,48-,49-/m0/s1. The van der Waals surface area contributed by atoms with Crippen LogP contribution in [0, 0.1) is 10.8 Å². The minimum atomic E-state index is -1.74. The summed E-state index contributed by atoms with van der Waals surface area (Å²) in [5.74, 6) is -3.64. The molecule has 1 unspecified atom stereocenters. The number of carbonyl (C=O) groups excluding carboxylic acids is 6. The van der Waals surface area contributed by atoms with Gasteiger partial charge in [0.15, 0.2) is 55.7 Å². The molecule has 0 bridgehead atoms. The Labute approximate surface area is 436 Å². The lowest BCUT2D eigenvalue weighted by Crippen LogP contribution is -2.70. The normalized spacial score (nSPS) is 31.8. The van der Waals surface area contributed by atoms with Gasteiger partial charge in [0.05, 0.1) is 42.8 Å². The highest BCUT2D eigenvalue weighted by atomic mass is 16.8. The van der Waals surface area contributed by atoms with E-state index < -0.39 is 152 Å². The van der Waals surface area contributed by atoms with E-state index in [2.05, 4.69) is 11.9 Å². The summed E-state index contributed by atoms with van der Waals surface area (Å²) in [6.07, 6.45) is -19.1. The molecule has 0 spiro atoms. The van der Waals surface area contributed by atoms with Crippen LogP contribution < -0.4 is 10.1 Å². The second kappa shape index (κ2) is 25.5. The average Bonchev–Trinajstić information content (AvgIpc) is 3.35. The van der Waals surface area contributed by atoms with Crippen LogP contribution in [0.1, 0.15) is 91.4 Å². The maximum absolute atomic E-state index is 14.5. The van der Waals surface area contributed by atoms with Gasteiger partial charge in [-0.05, 0) is 72.7 Å². The number of amides is 1. The Kier molecular flexibility index (Phi) is 20.0. The summed E-state index contributed by atoms with van der Waals surface area (Å²) in [5.41, 5.74) is -1.38. The van der Waals surface area contributed by atoms with Gasteiger partial charge in [-0.1, -0.05) is 36.4 Å². The molecular formula is C53H71NO21. The third kappa shape index (κ3) is 14.9. The number of benzene rings is 2. The molecule has 0 saturated carbocycles. The van der Waals surface area contributed by atoms with Crippen molar-refractivity contribution in [2.24, 2.45) is 10.8 Å². The molecule has 414 valence electrons. The number of fused-ring (bicyclic) bond motifs is 1. The van der Waals surface area contributed by atoms with E-state index in [1.807, 2.05) is 0 Å². The van der Waals surface area contributed by atoms with E-state index in [-0.39, 0.29) is 18.8 Å². The van der Waals surface area contributed by atoms with Crippen LogP contribution in [0.3, 0.4) is 0 Å². The highest BCUT2D eigenvalue weighted by Crippen LogP contribution is 2.41. The molecule has 22 heteroatoms. The number of hydrogen-bond acceptors (Lipinski definition) is 21. The first-order chi connectivity index (χ1) is 35.4. The number of esters is 5. The van der Waals surface area contributed by atoms with Crippen molar-refractivity contribution in [2.45, 2.75) is 168 Å². The molecule has 1 amide bonds. The Bertz CT molecular complexity index is 2280. The third-order valence-electron chi connectivity index (χ3n) is 12.4. The molecule has 75 heavy (non-hydrogen) atoms. The SMILES string of the molecule is C=CCO[C@H]1O[C@H](COC(=O)C(C)(C)C)[C@H](OC(=O)C(C)(C)C)[C@H](O[C@@H]2O[C@@H]3COC(c4ccc(OC)cc4)O[C@@H]3[C@H](OC(=O)c3ccccc3)[C@H]2O[C@@H]2O[C@@H](C)[C@@H](OC(C)=O)[C@@H](OC(C)=O)[C@@H]2OC)[C@H]1NC(C)=O. The van der Waals surface area contributed by atoms with Crippen LogP contribution in [0.25, 0.3) is 0 Å². The number of methoxy groups -OCH3 is 2. The first-order valence-electron chi connectivity index (χ1n) is 24.6. The van der Waals surface area contributed by atoms with Gasteiger partial charge in [0.25, 0.3) is 0 Å². The monoisotopic (exact) mass is 1060 g/mol. The summed E-state index contributed by atoms with van der Waals surface area (Å²) < 4.78 is 94.0. The molecule has 0 aromatic heterocycles. The van der Waals surface area contributed by atoms with Gasteiger partial charge >= 0.3 is 29.8 Å². The molecule has 4 saturated heterocycles. The van der Waals surface area contributed by atoms with Crippen LogP contribution >= 0.6 is 0 Å². The molecule has 16 atom stereocenters. The van der Waals surface area contributed by atoms with Crippen molar-refractivity contribution in [3.63, 3.8) is 0 Å². The molecule has 6 rings (SSSR count). The Hall–Kier alpha value is -5.56. The van der Waals surface area contributed by atoms with E-state index in [4.69, 9.17) is 71.1 Å². The van der Waals surface area contributed by atoms with E-state index in [0.717, 1.165) is 0 Å². The molecule has 4 heterocycles. The van der Waals surface area contributed by atoms with Crippen molar-refractivity contribution in [1.82, 2.24) is 5.32 Å². The predicted octanol–water partition coefficient (Wildman–Crippen LogP) is 4.43. The first kappa shape index (κ1) is 58.7. The summed E-state index contributed by atoms with van der Waals surface area (Å²) >= 11 is 0. The second-order valence-corrected chi connectivity index (χ2v) is 20.4. The van der Waals surface area contributed by atoms with Crippen LogP contribution in [-0.4, -0.2) is 162 Å². The van der Waals surface area contributed by atoms with Gasteiger partial charge in [-0.2, -0.15) is 0 Å². The number of ether oxygens (including phenoxy) is 15. The predicted molar refractivity (Wildman–Crippen MR) is 259 cm³/mol. The first-order valence-corrected chi connectivity index (χ1v) is 24.6. The fourth-order valence-corrected chi connectivity index (χ4v) is 8.66. The van der Waals surface area contributed by atoms with Gasteiger partial charge in [-0.25, -0.2) is 4.79 Å². The number of carbonyl (C=O) groups is 6. The van der Waals surface area contributed by atoms with E-state index in [0.29, 0.717) is 11.3 Å². The lowest BCUT2D eigenvalue weighted by atomic mass is 9.93. The van der Waals surface area contributed by atoms with E-state index >= 15 is 0 Å². The molecule has 1 N–H and O–H groups in total. The summed E-state index contributed by atoms with van der Waals surface area (Å²) in [5, 5.41) is 2.83. The van der Waals surface area contributed by atoms with E-state index in [1.54, 1.807) is 103 Å². The topological polar surface area (TPSA) is 253 Å². The second-order valence-electron chi connectivity index (χ2n) is 20.4. The molecule has 2 aromatic rings. The minimum Gasteiger partial charge on any atom is -0.497 e. The Morgan fingerprint density at radius 1 is 0.680 bits per heavy atom. The van der Waals surface area contributed by atoms with Gasteiger partial charge < -0.3 is 76.4 Å². The third-order valence-corrected chi connectivity index (χ3v) is 12.4. The van der Waals surface area contributed by atoms with Gasteiger partial charge in [0.1, 0.15) is 48.9 Å².